The predicted octanol–water partition coefficient (Wildman–Crippen LogP) is 3.07. The van der Waals surface area contributed by atoms with Gasteiger partial charge in [-0.2, -0.15) is 0 Å². The van der Waals surface area contributed by atoms with Crippen molar-refractivity contribution in [2.75, 3.05) is 19.7 Å². The summed E-state index contributed by atoms with van der Waals surface area (Å²) in [6.45, 7) is 3.13. The number of nitrogens with zero attached hydrogens (tertiary/aromatic N) is 2. The second-order valence-corrected chi connectivity index (χ2v) is 5.67. The van der Waals surface area contributed by atoms with Crippen LogP contribution in [-0.2, 0) is 4.79 Å². The summed E-state index contributed by atoms with van der Waals surface area (Å²) in [5, 5.41) is 11.0. The number of ether oxygens (including phenoxy) is 1. The van der Waals surface area contributed by atoms with Gasteiger partial charge in [0.1, 0.15) is 0 Å². The Bertz CT molecular complexity index is 537. The van der Waals surface area contributed by atoms with Gasteiger partial charge < -0.3 is 9.64 Å². The fourth-order valence-electron chi connectivity index (χ4n) is 2.62. The lowest BCUT2D eigenvalue weighted by Gasteiger charge is -2.24. The minimum Gasteiger partial charge on any atom is -0.477 e. The average molecular weight is 306 g/mol. The Morgan fingerprint density at radius 3 is 2.50 bits per heavy atom. The van der Waals surface area contributed by atoms with Gasteiger partial charge in [-0.25, -0.2) is 0 Å². The van der Waals surface area contributed by atoms with E-state index in [1.165, 1.54) is 12.5 Å². The van der Waals surface area contributed by atoms with Gasteiger partial charge in [0.05, 0.1) is 4.92 Å². The minimum atomic E-state index is -0.483. The van der Waals surface area contributed by atoms with E-state index in [1.807, 2.05) is 0 Å². The molecule has 1 aliphatic heterocycles. The maximum absolute atomic E-state index is 12.2. The van der Waals surface area contributed by atoms with Crippen molar-refractivity contribution in [1.29, 1.82) is 0 Å². The molecular weight excluding hydrogens is 284 g/mol. The molecule has 1 aromatic carbocycles. The van der Waals surface area contributed by atoms with E-state index in [1.54, 1.807) is 24.0 Å². The van der Waals surface area contributed by atoms with Gasteiger partial charge >= 0.3 is 5.69 Å². The molecule has 1 aromatic rings. The Kier molecular flexibility index (Phi) is 5.75. The molecule has 0 bridgehead atoms. The third-order valence-corrected chi connectivity index (χ3v) is 3.87. The lowest BCUT2D eigenvalue weighted by atomic mass is 10.1. The number of benzene rings is 1. The molecule has 0 radical (unpaired) electrons. The summed E-state index contributed by atoms with van der Waals surface area (Å²) in [5.41, 5.74) is 0.689. The highest BCUT2D eigenvalue weighted by molar-refractivity contribution is 5.78. The van der Waals surface area contributed by atoms with E-state index in [0.29, 0.717) is 0 Å². The van der Waals surface area contributed by atoms with Gasteiger partial charge in [0, 0.05) is 19.2 Å². The van der Waals surface area contributed by atoms with Crippen molar-refractivity contribution < 1.29 is 14.5 Å². The molecule has 6 nitrogen and oxygen atoms in total. The van der Waals surface area contributed by atoms with Gasteiger partial charge in [-0.1, -0.05) is 25.3 Å². The van der Waals surface area contributed by atoms with Crippen molar-refractivity contribution in [3.05, 3.63) is 33.9 Å². The Morgan fingerprint density at radius 2 is 1.86 bits per heavy atom. The largest absolute Gasteiger partial charge is 0.477 e. The zero-order valence-corrected chi connectivity index (χ0v) is 12.9. The lowest BCUT2D eigenvalue weighted by Crippen LogP contribution is -2.37. The number of aryl methyl sites for hydroxylation is 1. The molecule has 0 aromatic heterocycles. The summed E-state index contributed by atoms with van der Waals surface area (Å²) in [5.74, 6) is 0.0489. The van der Waals surface area contributed by atoms with Gasteiger partial charge in [-0.3, -0.25) is 14.9 Å². The molecule has 0 unspecified atom stereocenters. The topological polar surface area (TPSA) is 72.7 Å². The van der Waals surface area contributed by atoms with E-state index in [0.717, 1.165) is 44.3 Å². The number of rotatable bonds is 4. The van der Waals surface area contributed by atoms with E-state index < -0.39 is 4.92 Å². The van der Waals surface area contributed by atoms with Gasteiger partial charge in [-0.15, -0.1) is 0 Å². The van der Waals surface area contributed by atoms with E-state index in [9.17, 15) is 14.9 Å². The van der Waals surface area contributed by atoms with E-state index in [4.69, 9.17) is 4.74 Å². The fourth-order valence-corrected chi connectivity index (χ4v) is 2.62. The Labute approximate surface area is 130 Å². The Morgan fingerprint density at radius 1 is 1.23 bits per heavy atom. The maximum Gasteiger partial charge on any atom is 0.311 e. The van der Waals surface area contributed by atoms with Gasteiger partial charge in [0.25, 0.3) is 5.91 Å². The molecule has 22 heavy (non-hydrogen) atoms. The monoisotopic (exact) mass is 306 g/mol. The van der Waals surface area contributed by atoms with Crippen molar-refractivity contribution in [3.63, 3.8) is 0 Å². The summed E-state index contributed by atoms with van der Waals surface area (Å²) >= 11 is 0. The molecule has 1 saturated heterocycles. The first-order valence-electron chi connectivity index (χ1n) is 7.73. The smallest absolute Gasteiger partial charge is 0.311 e. The third kappa shape index (κ3) is 4.44. The second-order valence-electron chi connectivity index (χ2n) is 5.67. The number of carbonyl (C=O) groups is 1. The molecule has 120 valence electrons. The molecule has 6 heteroatoms. The average Bonchev–Trinajstić information content (AvgIpc) is 2.45. The summed E-state index contributed by atoms with van der Waals surface area (Å²) in [6.07, 6.45) is 5.54. The molecule has 2 rings (SSSR count). The predicted molar refractivity (Wildman–Crippen MR) is 83.0 cm³/mol. The molecule has 0 saturated carbocycles. The fraction of sp³-hybridized carbons (Fsp3) is 0.562. The molecule has 0 spiro atoms. The minimum absolute atomic E-state index is 0.0968. The quantitative estimate of drug-likeness (QED) is 0.633. The van der Waals surface area contributed by atoms with Crippen LogP contribution in [0.2, 0.25) is 0 Å². The first-order chi connectivity index (χ1) is 10.6. The van der Waals surface area contributed by atoms with Crippen LogP contribution in [0, 0.1) is 17.0 Å². The number of hydrogen-bond acceptors (Lipinski definition) is 4. The highest BCUT2D eigenvalue weighted by Gasteiger charge is 2.19. The number of hydrogen-bond donors (Lipinski definition) is 0. The normalized spacial score (nSPS) is 15.8. The van der Waals surface area contributed by atoms with Crippen LogP contribution in [0.1, 0.15) is 37.7 Å². The highest BCUT2D eigenvalue weighted by Crippen LogP contribution is 2.27. The van der Waals surface area contributed by atoms with Crippen LogP contribution in [0.15, 0.2) is 18.2 Å². The Hall–Kier alpha value is -2.11. The number of carbonyl (C=O) groups excluding carboxylic acids is 1. The van der Waals surface area contributed by atoms with Crippen LogP contribution < -0.4 is 4.74 Å². The molecule has 1 heterocycles. The second kappa shape index (κ2) is 7.77. The van der Waals surface area contributed by atoms with Gasteiger partial charge in [0.15, 0.2) is 12.4 Å². The molecule has 0 N–H and O–H groups in total. The maximum atomic E-state index is 12.2. The van der Waals surface area contributed by atoms with E-state index >= 15 is 0 Å². The summed E-state index contributed by atoms with van der Waals surface area (Å²) in [7, 11) is 0. The molecule has 1 aliphatic rings. The Balaban J connectivity index is 1.97. The van der Waals surface area contributed by atoms with Crippen LogP contribution in [0.3, 0.4) is 0 Å². The van der Waals surface area contributed by atoms with Gasteiger partial charge in [0.2, 0.25) is 0 Å². The third-order valence-electron chi connectivity index (χ3n) is 3.87. The van der Waals surface area contributed by atoms with Crippen LogP contribution >= 0.6 is 0 Å². The molecule has 0 atom stereocenters. The van der Waals surface area contributed by atoms with E-state index in [2.05, 4.69) is 0 Å². The van der Waals surface area contributed by atoms with Crippen LogP contribution in [0.5, 0.6) is 5.75 Å². The molecule has 0 aliphatic carbocycles. The van der Waals surface area contributed by atoms with Crippen molar-refractivity contribution in [2.45, 2.75) is 39.0 Å². The SMILES string of the molecule is Cc1ccc(OCC(=O)N2CCCCCCC2)c([N+](=O)[O-])c1. The summed E-state index contributed by atoms with van der Waals surface area (Å²) in [6, 6.07) is 4.74. The van der Waals surface area contributed by atoms with Crippen molar-refractivity contribution >= 4 is 11.6 Å². The number of amides is 1. The first-order valence-corrected chi connectivity index (χ1v) is 7.73. The van der Waals surface area contributed by atoms with Gasteiger partial charge in [-0.05, 0) is 31.4 Å². The van der Waals surface area contributed by atoms with Crippen molar-refractivity contribution in [2.24, 2.45) is 0 Å². The summed E-state index contributed by atoms with van der Waals surface area (Å²) < 4.78 is 5.41. The van der Waals surface area contributed by atoms with Crippen LogP contribution in [-0.4, -0.2) is 35.4 Å². The molecule has 1 fully saturated rings. The summed E-state index contributed by atoms with van der Waals surface area (Å²) in [4.78, 5) is 24.6. The zero-order valence-electron chi connectivity index (χ0n) is 12.9. The molecular formula is C16H22N2O4. The van der Waals surface area contributed by atoms with Crippen molar-refractivity contribution in [1.82, 2.24) is 4.90 Å². The van der Waals surface area contributed by atoms with Crippen molar-refractivity contribution in [3.8, 4) is 5.75 Å². The zero-order chi connectivity index (χ0) is 15.9. The molecule has 1 amide bonds. The first kappa shape index (κ1) is 16.3. The number of nitro benzene ring substituents is 1. The lowest BCUT2D eigenvalue weighted by molar-refractivity contribution is -0.385. The van der Waals surface area contributed by atoms with Crippen LogP contribution in [0.25, 0.3) is 0 Å². The standard InChI is InChI=1S/C16H22N2O4/c1-13-7-8-15(14(11-13)18(20)21)22-12-16(19)17-9-5-3-2-4-6-10-17/h7-8,11H,2-6,9-10,12H2,1H3. The number of likely N-dealkylation sites (tertiary alicyclic amines) is 1. The van der Waals surface area contributed by atoms with E-state index in [-0.39, 0.29) is 24.0 Å². The highest BCUT2D eigenvalue weighted by atomic mass is 16.6. The number of nitro groups is 1. The van der Waals surface area contributed by atoms with Crippen LogP contribution in [0.4, 0.5) is 5.69 Å².